The molecule has 2 aliphatic rings. The fourth-order valence-electron chi connectivity index (χ4n) is 5.82. The summed E-state index contributed by atoms with van der Waals surface area (Å²) in [5, 5.41) is 20.4. The van der Waals surface area contributed by atoms with Crippen molar-refractivity contribution < 1.29 is 34.0 Å². The molecule has 0 saturated heterocycles. The van der Waals surface area contributed by atoms with E-state index in [9.17, 15) is 19.8 Å². The summed E-state index contributed by atoms with van der Waals surface area (Å²) in [7, 11) is 1.56. The number of pyridine rings is 1. The van der Waals surface area contributed by atoms with E-state index in [4.69, 9.17) is 19.2 Å². The summed E-state index contributed by atoms with van der Waals surface area (Å²) < 4.78 is 16.5. The SMILES string of the molecule is CCCCc1ccc2c(n1)[C@@H](c1ccc(O[11CH3])cc1C[C@H](C)C(=O)O)[C@H](C(=O)O)[C@H]2c1ccc2c(c1)OCO2. The standard InChI is InChI=1S/C31H33NO7/c1-4-5-6-20-8-10-23-26(18-7-12-24-25(15-18)39-16-38-24)28(31(35)36)27(29(23)32-20)22-11-9-21(37-3)14-19(22)13-17(2)30(33)34/h7-12,14-15,17,26-28H,4-6,13,16H2,1-3H3,(H,33,34)(H,35,36)/t17-,26-,27-,28+/m0/s1/i3-1. The zero-order valence-electron chi connectivity index (χ0n) is 22.3. The Balaban J connectivity index is 1.70. The summed E-state index contributed by atoms with van der Waals surface area (Å²) in [6.45, 7) is 3.91. The van der Waals surface area contributed by atoms with E-state index in [-0.39, 0.29) is 13.2 Å². The zero-order valence-corrected chi connectivity index (χ0v) is 22.3. The van der Waals surface area contributed by atoms with Crippen LogP contribution in [0.5, 0.6) is 17.2 Å². The second kappa shape index (κ2) is 11.0. The van der Waals surface area contributed by atoms with E-state index in [0.717, 1.165) is 52.9 Å². The van der Waals surface area contributed by atoms with Gasteiger partial charge in [0.15, 0.2) is 11.5 Å². The van der Waals surface area contributed by atoms with Crippen LogP contribution in [0.2, 0.25) is 0 Å². The van der Waals surface area contributed by atoms with Crippen LogP contribution in [0.4, 0.5) is 0 Å². The molecule has 39 heavy (non-hydrogen) atoms. The molecule has 1 aliphatic carbocycles. The van der Waals surface area contributed by atoms with Gasteiger partial charge in [-0.15, -0.1) is 0 Å². The van der Waals surface area contributed by atoms with Gasteiger partial charge >= 0.3 is 11.9 Å². The molecule has 204 valence electrons. The lowest BCUT2D eigenvalue weighted by Gasteiger charge is -2.25. The number of carboxylic acid groups (broad SMARTS) is 2. The molecule has 2 heterocycles. The van der Waals surface area contributed by atoms with Gasteiger partial charge in [0, 0.05) is 17.5 Å². The first kappa shape index (κ1) is 26.5. The lowest BCUT2D eigenvalue weighted by atomic mass is 9.78. The molecule has 0 saturated carbocycles. The van der Waals surface area contributed by atoms with Crippen molar-refractivity contribution in [2.24, 2.45) is 11.8 Å². The van der Waals surface area contributed by atoms with E-state index in [0.29, 0.717) is 17.2 Å². The Morgan fingerprint density at radius 3 is 2.51 bits per heavy atom. The first-order chi connectivity index (χ1) is 18.8. The third-order valence-electron chi connectivity index (χ3n) is 7.82. The van der Waals surface area contributed by atoms with Crippen LogP contribution in [-0.2, 0) is 22.4 Å². The van der Waals surface area contributed by atoms with Crippen molar-refractivity contribution in [2.45, 2.75) is 51.4 Å². The van der Waals surface area contributed by atoms with E-state index < -0.39 is 35.6 Å². The number of rotatable bonds is 10. The average Bonchev–Trinajstić information content (AvgIpc) is 3.53. The van der Waals surface area contributed by atoms with Crippen LogP contribution in [0, 0.1) is 11.8 Å². The fourth-order valence-corrected chi connectivity index (χ4v) is 5.82. The normalized spacial score (nSPS) is 19.9. The number of hydrogen-bond donors (Lipinski definition) is 2. The Hall–Kier alpha value is -4.07. The largest absolute Gasteiger partial charge is 0.497 e. The Labute approximate surface area is 227 Å². The third kappa shape index (κ3) is 5.03. The van der Waals surface area contributed by atoms with Gasteiger partial charge in [-0.25, -0.2) is 0 Å². The number of aromatic nitrogens is 1. The van der Waals surface area contributed by atoms with Crippen molar-refractivity contribution in [1.82, 2.24) is 4.98 Å². The number of ether oxygens (including phenoxy) is 3. The Morgan fingerprint density at radius 1 is 1.03 bits per heavy atom. The van der Waals surface area contributed by atoms with E-state index in [2.05, 4.69) is 6.92 Å². The number of benzene rings is 2. The maximum absolute atomic E-state index is 13.1. The number of aliphatic carboxylic acids is 2. The van der Waals surface area contributed by atoms with Gasteiger partial charge < -0.3 is 24.4 Å². The second-order valence-corrected chi connectivity index (χ2v) is 10.3. The number of methoxy groups -OCH3 is 1. The monoisotopic (exact) mass is 530 g/mol. The van der Waals surface area contributed by atoms with Crippen LogP contribution in [0.1, 0.15) is 72.2 Å². The number of fused-ring (bicyclic) bond motifs is 2. The Bertz CT molecular complexity index is 1400. The summed E-state index contributed by atoms with van der Waals surface area (Å²) in [6, 6.07) is 15.1. The molecule has 2 aromatic carbocycles. The maximum atomic E-state index is 13.1. The van der Waals surface area contributed by atoms with Crippen LogP contribution in [0.25, 0.3) is 0 Å². The molecule has 8 heteroatoms. The van der Waals surface area contributed by atoms with Gasteiger partial charge in [0.25, 0.3) is 0 Å². The number of aryl methyl sites for hydroxylation is 1. The molecule has 0 unspecified atom stereocenters. The minimum atomic E-state index is -0.941. The molecule has 8 nitrogen and oxygen atoms in total. The summed E-state index contributed by atoms with van der Waals surface area (Å²) in [5.74, 6) is -2.60. The lowest BCUT2D eigenvalue weighted by Crippen LogP contribution is -2.25. The summed E-state index contributed by atoms with van der Waals surface area (Å²) >= 11 is 0. The van der Waals surface area contributed by atoms with Gasteiger partial charge in [0.1, 0.15) is 5.75 Å². The highest BCUT2D eigenvalue weighted by atomic mass is 16.7. The molecule has 4 atom stereocenters. The summed E-state index contributed by atoms with van der Waals surface area (Å²) in [5.41, 5.74) is 4.84. The molecule has 5 rings (SSSR count). The minimum Gasteiger partial charge on any atom is -0.497 e. The van der Waals surface area contributed by atoms with Gasteiger partial charge in [0.2, 0.25) is 6.79 Å². The second-order valence-electron chi connectivity index (χ2n) is 10.3. The van der Waals surface area contributed by atoms with Gasteiger partial charge in [-0.3, -0.25) is 14.6 Å². The molecule has 1 aliphatic heterocycles. The average molecular weight is 531 g/mol. The maximum Gasteiger partial charge on any atom is 0.308 e. The summed E-state index contributed by atoms with van der Waals surface area (Å²) in [4.78, 5) is 29.9. The molecule has 1 aromatic heterocycles. The van der Waals surface area contributed by atoms with Crippen molar-refractivity contribution in [1.29, 1.82) is 0 Å². The lowest BCUT2D eigenvalue weighted by molar-refractivity contribution is -0.143. The number of nitrogens with zero attached hydrogens (tertiary/aromatic N) is 1. The highest BCUT2D eigenvalue weighted by Crippen LogP contribution is 2.54. The minimum absolute atomic E-state index is 0.129. The number of carbonyl (C=O) groups is 2. The van der Waals surface area contributed by atoms with Crippen molar-refractivity contribution in [3.05, 3.63) is 82.2 Å². The highest BCUT2D eigenvalue weighted by molar-refractivity contribution is 5.78. The van der Waals surface area contributed by atoms with Crippen LogP contribution in [0.3, 0.4) is 0 Å². The first-order valence-electron chi connectivity index (χ1n) is 13.3. The Kier molecular flexibility index (Phi) is 7.46. The Morgan fingerprint density at radius 2 is 1.79 bits per heavy atom. The predicted molar refractivity (Wildman–Crippen MR) is 144 cm³/mol. The van der Waals surface area contributed by atoms with E-state index in [1.807, 2.05) is 42.5 Å². The molecule has 3 aromatic rings. The molecule has 0 bridgehead atoms. The third-order valence-corrected chi connectivity index (χ3v) is 7.82. The topological polar surface area (TPSA) is 115 Å². The summed E-state index contributed by atoms with van der Waals surface area (Å²) in [6.07, 6.45) is 3.04. The van der Waals surface area contributed by atoms with Gasteiger partial charge in [-0.05, 0) is 71.8 Å². The molecule has 0 spiro atoms. The van der Waals surface area contributed by atoms with Crippen LogP contribution >= 0.6 is 0 Å². The van der Waals surface area contributed by atoms with Gasteiger partial charge in [-0.2, -0.15) is 0 Å². The van der Waals surface area contributed by atoms with Crippen molar-refractivity contribution in [3.63, 3.8) is 0 Å². The van der Waals surface area contributed by atoms with E-state index >= 15 is 0 Å². The van der Waals surface area contributed by atoms with Crippen molar-refractivity contribution in [3.8, 4) is 17.2 Å². The fraction of sp³-hybridized carbons (Fsp3) is 0.387. The van der Waals surface area contributed by atoms with Crippen LogP contribution in [-0.4, -0.2) is 41.0 Å². The van der Waals surface area contributed by atoms with Gasteiger partial charge in [0.05, 0.1) is 24.6 Å². The van der Waals surface area contributed by atoms with E-state index in [1.165, 1.54) is 0 Å². The van der Waals surface area contributed by atoms with Crippen molar-refractivity contribution >= 4 is 11.9 Å². The molecule has 0 fully saturated rings. The molecule has 0 amide bonds. The first-order valence-corrected chi connectivity index (χ1v) is 13.3. The van der Waals surface area contributed by atoms with Crippen LogP contribution in [0.15, 0.2) is 48.5 Å². The molecular formula is C31H33NO7. The quantitative estimate of drug-likeness (QED) is 0.358. The highest BCUT2D eigenvalue weighted by Gasteiger charge is 2.48. The molecule has 0 radical (unpaired) electrons. The van der Waals surface area contributed by atoms with Gasteiger partial charge in [-0.1, -0.05) is 38.5 Å². The number of carboxylic acids is 2. The van der Waals surface area contributed by atoms with E-state index in [1.54, 1.807) is 20.1 Å². The molecular weight excluding hydrogens is 497 g/mol. The van der Waals surface area contributed by atoms with Crippen molar-refractivity contribution in [2.75, 3.05) is 13.9 Å². The smallest absolute Gasteiger partial charge is 0.308 e. The van der Waals surface area contributed by atoms with Crippen LogP contribution < -0.4 is 14.2 Å². The predicted octanol–water partition coefficient (Wildman–Crippen LogP) is 5.40. The number of unbranched alkanes of at least 4 members (excludes halogenated alkanes) is 1. The molecule has 2 N–H and O–H groups in total. The zero-order chi connectivity index (χ0) is 27.7. The number of hydrogen-bond acceptors (Lipinski definition) is 6.